The van der Waals surface area contributed by atoms with Gasteiger partial charge in [-0.1, -0.05) is 19.1 Å². The smallest absolute Gasteiger partial charge is 0.347 e. The molecular weight excluding hydrogens is 358 g/mol. The van der Waals surface area contributed by atoms with E-state index in [0.29, 0.717) is 22.5 Å². The summed E-state index contributed by atoms with van der Waals surface area (Å²) in [6.45, 7) is 3.53. The van der Waals surface area contributed by atoms with Crippen molar-refractivity contribution in [3.05, 3.63) is 75.6 Å². The molecule has 3 rings (SSSR count). The van der Waals surface area contributed by atoms with Crippen LogP contribution in [0.1, 0.15) is 30.5 Å². The Hall–Kier alpha value is -3.59. The topological polar surface area (TPSA) is 89.5 Å². The summed E-state index contributed by atoms with van der Waals surface area (Å²) in [7, 11) is 0. The number of carbonyl (C=O) groups is 1. The van der Waals surface area contributed by atoms with E-state index in [9.17, 15) is 9.59 Å². The third-order valence-electron chi connectivity index (χ3n) is 4.30. The number of nitriles is 1. The van der Waals surface area contributed by atoms with Gasteiger partial charge in [0.2, 0.25) is 0 Å². The van der Waals surface area contributed by atoms with Gasteiger partial charge in [0.1, 0.15) is 17.9 Å². The second kappa shape index (κ2) is 8.40. The highest BCUT2D eigenvalue weighted by Crippen LogP contribution is 2.20. The van der Waals surface area contributed by atoms with Gasteiger partial charge >= 0.3 is 11.6 Å². The maximum Gasteiger partial charge on any atom is 0.347 e. The van der Waals surface area contributed by atoms with Crippen LogP contribution < -0.4 is 10.4 Å². The molecule has 0 N–H and O–H groups in total. The number of fused-ring (bicyclic) bond motifs is 1. The number of hydrogen-bond acceptors (Lipinski definition) is 6. The van der Waals surface area contributed by atoms with Crippen LogP contribution in [0.3, 0.4) is 0 Å². The normalized spacial score (nSPS) is 11.6. The van der Waals surface area contributed by atoms with Crippen LogP contribution in [0, 0.1) is 11.3 Å². The van der Waals surface area contributed by atoms with Crippen LogP contribution in [-0.4, -0.2) is 12.1 Å². The minimum atomic E-state index is -0.842. The molecule has 0 spiro atoms. The van der Waals surface area contributed by atoms with Crippen molar-refractivity contribution < 1.29 is 18.7 Å². The van der Waals surface area contributed by atoms with Gasteiger partial charge in [-0.25, -0.2) is 9.59 Å². The Bertz CT molecular complexity index is 1090. The van der Waals surface area contributed by atoms with Crippen LogP contribution in [0.2, 0.25) is 0 Å². The summed E-state index contributed by atoms with van der Waals surface area (Å²) in [5, 5.41) is 9.53. The van der Waals surface area contributed by atoms with Crippen molar-refractivity contribution >= 4 is 16.9 Å². The van der Waals surface area contributed by atoms with Gasteiger partial charge in [0, 0.05) is 17.0 Å². The molecule has 0 fully saturated rings. The molecule has 6 nitrogen and oxygen atoms in total. The Morgan fingerprint density at radius 1 is 1.18 bits per heavy atom. The maximum atomic E-state index is 12.3. The van der Waals surface area contributed by atoms with Crippen molar-refractivity contribution in [2.24, 2.45) is 0 Å². The van der Waals surface area contributed by atoms with Crippen LogP contribution in [0.5, 0.6) is 5.75 Å². The summed E-state index contributed by atoms with van der Waals surface area (Å²) in [5.41, 5.74) is 2.11. The molecule has 2 aromatic carbocycles. The van der Waals surface area contributed by atoms with Crippen LogP contribution in [0.4, 0.5) is 0 Å². The van der Waals surface area contributed by atoms with Gasteiger partial charge in [-0.2, -0.15) is 5.26 Å². The standard InChI is InChI=1S/C22H19NO5/c1-3-15-6-9-19-17(11-21(24)28-20(19)10-15)13-26-22(25)14(2)27-18-7-4-16(12-23)5-8-18/h4-11,14H,3,13H2,1-2H3/t14-/m0/s1. The molecule has 0 radical (unpaired) electrons. The summed E-state index contributed by atoms with van der Waals surface area (Å²) in [5.74, 6) is -0.0997. The second-order valence-corrected chi connectivity index (χ2v) is 6.28. The lowest BCUT2D eigenvalue weighted by Gasteiger charge is -2.14. The van der Waals surface area contributed by atoms with E-state index in [4.69, 9.17) is 19.2 Å². The molecule has 1 heterocycles. The van der Waals surface area contributed by atoms with Crippen molar-refractivity contribution in [1.29, 1.82) is 5.26 Å². The molecule has 0 aliphatic rings. The summed E-state index contributed by atoms with van der Waals surface area (Å²) < 4.78 is 16.1. The molecule has 142 valence electrons. The van der Waals surface area contributed by atoms with E-state index in [-0.39, 0.29) is 6.61 Å². The first-order valence-corrected chi connectivity index (χ1v) is 8.89. The third-order valence-corrected chi connectivity index (χ3v) is 4.30. The van der Waals surface area contributed by atoms with Crippen LogP contribution in [0.15, 0.2) is 57.7 Å². The molecule has 0 saturated carbocycles. The highest BCUT2D eigenvalue weighted by molar-refractivity contribution is 5.81. The van der Waals surface area contributed by atoms with E-state index in [1.165, 1.54) is 6.07 Å². The Balaban J connectivity index is 1.69. The van der Waals surface area contributed by atoms with Crippen molar-refractivity contribution in [2.45, 2.75) is 33.0 Å². The number of esters is 1. The minimum Gasteiger partial charge on any atom is -0.479 e. The van der Waals surface area contributed by atoms with Crippen LogP contribution in [0.25, 0.3) is 11.0 Å². The highest BCUT2D eigenvalue weighted by atomic mass is 16.6. The number of hydrogen-bond donors (Lipinski definition) is 0. The average Bonchev–Trinajstić information content (AvgIpc) is 2.71. The van der Waals surface area contributed by atoms with Crippen molar-refractivity contribution in [3.63, 3.8) is 0 Å². The lowest BCUT2D eigenvalue weighted by atomic mass is 10.1. The van der Waals surface area contributed by atoms with E-state index in [1.807, 2.05) is 31.2 Å². The molecule has 1 atom stereocenters. The SMILES string of the molecule is CCc1ccc2c(COC(=O)[C@H](C)Oc3ccc(C#N)cc3)cc(=O)oc2c1. The van der Waals surface area contributed by atoms with E-state index in [1.54, 1.807) is 31.2 Å². The van der Waals surface area contributed by atoms with Crippen LogP contribution in [-0.2, 0) is 22.6 Å². The number of rotatable bonds is 6. The Labute approximate surface area is 161 Å². The van der Waals surface area contributed by atoms with E-state index in [2.05, 4.69) is 0 Å². The number of nitrogens with zero attached hydrogens (tertiary/aromatic N) is 1. The van der Waals surface area contributed by atoms with Crippen molar-refractivity contribution in [1.82, 2.24) is 0 Å². The molecule has 0 bridgehead atoms. The van der Waals surface area contributed by atoms with Gasteiger partial charge in [0.25, 0.3) is 0 Å². The van der Waals surface area contributed by atoms with Gasteiger partial charge < -0.3 is 13.9 Å². The average molecular weight is 377 g/mol. The lowest BCUT2D eigenvalue weighted by Crippen LogP contribution is -2.26. The zero-order valence-electron chi connectivity index (χ0n) is 15.6. The molecule has 1 aromatic heterocycles. The Kier molecular flexibility index (Phi) is 5.75. The first kappa shape index (κ1) is 19.2. The van der Waals surface area contributed by atoms with E-state index in [0.717, 1.165) is 17.4 Å². The minimum absolute atomic E-state index is 0.0620. The quantitative estimate of drug-likeness (QED) is 0.480. The van der Waals surface area contributed by atoms with Gasteiger partial charge in [0.15, 0.2) is 6.10 Å². The zero-order valence-corrected chi connectivity index (χ0v) is 15.6. The summed E-state index contributed by atoms with van der Waals surface area (Å²) in [6, 6.07) is 15.4. The molecule has 0 unspecified atom stereocenters. The van der Waals surface area contributed by atoms with E-state index < -0.39 is 17.7 Å². The van der Waals surface area contributed by atoms with Gasteiger partial charge in [-0.05, 0) is 49.2 Å². The molecular formula is C22H19NO5. The monoisotopic (exact) mass is 377 g/mol. The summed E-state index contributed by atoms with van der Waals surface area (Å²) in [6.07, 6.45) is -0.0192. The second-order valence-electron chi connectivity index (χ2n) is 6.28. The van der Waals surface area contributed by atoms with Crippen LogP contribution >= 0.6 is 0 Å². The fourth-order valence-electron chi connectivity index (χ4n) is 2.74. The van der Waals surface area contributed by atoms with Crippen molar-refractivity contribution in [3.8, 4) is 11.8 Å². The lowest BCUT2D eigenvalue weighted by molar-refractivity contribution is -0.152. The zero-order chi connectivity index (χ0) is 20.1. The molecule has 3 aromatic rings. The Morgan fingerprint density at radius 2 is 1.93 bits per heavy atom. The van der Waals surface area contributed by atoms with E-state index >= 15 is 0 Å². The summed E-state index contributed by atoms with van der Waals surface area (Å²) in [4.78, 5) is 24.1. The number of benzene rings is 2. The first-order chi connectivity index (χ1) is 13.5. The van der Waals surface area contributed by atoms with Gasteiger partial charge in [-0.15, -0.1) is 0 Å². The fourth-order valence-corrected chi connectivity index (χ4v) is 2.74. The molecule has 28 heavy (non-hydrogen) atoms. The molecule has 0 aliphatic carbocycles. The number of carbonyl (C=O) groups excluding carboxylic acids is 1. The molecule has 0 amide bonds. The predicted molar refractivity (Wildman–Crippen MR) is 103 cm³/mol. The largest absolute Gasteiger partial charge is 0.479 e. The highest BCUT2D eigenvalue weighted by Gasteiger charge is 2.17. The van der Waals surface area contributed by atoms with Crippen molar-refractivity contribution in [2.75, 3.05) is 0 Å². The predicted octanol–water partition coefficient (Wildman–Crippen LogP) is 3.74. The maximum absolute atomic E-state index is 12.3. The fraction of sp³-hybridized carbons (Fsp3) is 0.227. The van der Waals surface area contributed by atoms with Gasteiger partial charge in [0.05, 0.1) is 11.6 Å². The molecule has 0 aliphatic heterocycles. The first-order valence-electron chi connectivity index (χ1n) is 8.89. The number of aryl methyl sites for hydroxylation is 1. The van der Waals surface area contributed by atoms with Gasteiger partial charge in [-0.3, -0.25) is 0 Å². The molecule has 0 saturated heterocycles. The number of ether oxygens (including phenoxy) is 2. The summed E-state index contributed by atoms with van der Waals surface area (Å²) >= 11 is 0. The Morgan fingerprint density at radius 3 is 2.61 bits per heavy atom. The third kappa shape index (κ3) is 4.38. The molecule has 6 heteroatoms.